The minimum Gasteiger partial charge on any atom is -0.340 e. The molecule has 126 valence electrons. The molecule has 4 nitrogen and oxygen atoms in total. The molecule has 4 heteroatoms. The third kappa shape index (κ3) is 3.92. The number of hydrogen-bond donors (Lipinski definition) is 0. The van der Waals surface area contributed by atoms with Crippen LogP contribution in [0.1, 0.15) is 38.8 Å². The van der Waals surface area contributed by atoms with Gasteiger partial charge in [-0.1, -0.05) is 32.8 Å². The van der Waals surface area contributed by atoms with Crippen LogP contribution in [-0.2, 0) is 11.2 Å². The summed E-state index contributed by atoms with van der Waals surface area (Å²) in [5.41, 5.74) is 0.870. The molecule has 0 radical (unpaired) electrons. The molecule has 1 aromatic rings. The van der Waals surface area contributed by atoms with Crippen LogP contribution in [0.25, 0.3) is 0 Å². The molecule has 2 fully saturated rings. The highest BCUT2D eigenvalue weighted by molar-refractivity contribution is 5.78. The number of nitrogens with zero attached hydrogens (tertiary/aromatic N) is 3. The molecule has 1 aliphatic heterocycles. The maximum Gasteiger partial charge on any atom is 0.228 e. The van der Waals surface area contributed by atoms with Crippen molar-refractivity contribution < 1.29 is 4.79 Å². The van der Waals surface area contributed by atoms with E-state index in [9.17, 15) is 4.79 Å². The van der Waals surface area contributed by atoms with E-state index in [0.717, 1.165) is 43.7 Å². The lowest BCUT2D eigenvalue weighted by Gasteiger charge is -2.45. The van der Waals surface area contributed by atoms with Crippen molar-refractivity contribution in [2.75, 3.05) is 26.2 Å². The predicted octanol–water partition coefficient (Wildman–Crippen LogP) is 2.59. The van der Waals surface area contributed by atoms with Gasteiger partial charge in [-0.15, -0.1) is 0 Å². The normalized spacial score (nSPS) is 29.5. The lowest BCUT2D eigenvalue weighted by Crippen LogP contribution is -2.55. The van der Waals surface area contributed by atoms with Gasteiger partial charge in [0.25, 0.3) is 0 Å². The standard InChI is InChI=1S/C19H29N3O/c1-15-6-5-8-18(16(15)2)21-10-12-22(13-11-21)19(23)14-17-7-3-4-9-20-17/h3-4,7,9,15-16,18H,5-6,8,10-14H2,1-2H3. The first kappa shape index (κ1) is 16.4. The molecule has 2 heterocycles. The van der Waals surface area contributed by atoms with Crippen molar-refractivity contribution in [3.8, 4) is 0 Å². The van der Waals surface area contributed by atoms with Crippen LogP contribution in [0.5, 0.6) is 0 Å². The predicted molar refractivity (Wildman–Crippen MR) is 92.1 cm³/mol. The number of carbonyl (C=O) groups is 1. The van der Waals surface area contributed by atoms with Crippen LogP contribution in [0.4, 0.5) is 0 Å². The van der Waals surface area contributed by atoms with Crippen molar-refractivity contribution in [2.45, 2.75) is 45.6 Å². The summed E-state index contributed by atoms with van der Waals surface area (Å²) >= 11 is 0. The van der Waals surface area contributed by atoms with Crippen molar-refractivity contribution in [1.82, 2.24) is 14.8 Å². The van der Waals surface area contributed by atoms with E-state index in [0.29, 0.717) is 12.5 Å². The molecule has 0 N–H and O–H groups in total. The summed E-state index contributed by atoms with van der Waals surface area (Å²) in [6.07, 6.45) is 6.24. The second-order valence-corrected chi connectivity index (χ2v) is 7.25. The van der Waals surface area contributed by atoms with Gasteiger partial charge in [0, 0.05) is 44.1 Å². The largest absolute Gasteiger partial charge is 0.340 e. The van der Waals surface area contributed by atoms with Crippen molar-refractivity contribution in [3.63, 3.8) is 0 Å². The molecule has 3 rings (SSSR count). The number of amides is 1. The molecule has 1 saturated carbocycles. The Hall–Kier alpha value is -1.42. The van der Waals surface area contributed by atoms with E-state index in [1.165, 1.54) is 19.3 Å². The Bertz CT molecular complexity index is 511. The van der Waals surface area contributed by atoms with E-state index in [-0.39, 0.29) is 5.91 Å². The van der Waals surface area contributed by atoms with Crippen LogP contribution < -0.4 is 0 Å². The van der Waals surface area contributed by atoms with Crippen LogP contribution in [0.2, 0.25) is 0 Å². The summed E-state index contributed by atoms with van der Waals surface area (Å²) in [6.45, 7) is 8.58. The Morgan fingerprint density at radius 3 is 2.65 bits per heavy atom. The molecule has 23 heavy (non-hydrogen) atoms. The number of pyridine rings is 1. The summed E-state index contributed by atoms with van der Waals surface area (Å²) < 4.78 is 0. The number of hydrogen-bond acceptors (Lipinski definition) is 3. The molecule has 1 aromatic heterocycles. The Balaban J connectivity index is 1.51. The minimum atomic E-state index is 0.216. The Morgan fingerprint density at radius 1 is 1.17 bits per heavy atom. The summed E-state index contributed by atoms with van der Waals surface area (Å²) in [4.78, 5) is 21.3. The topological polar surface area (TPSA) is 36.4 Å². The van der Waals surface area contributed by atoms with Gasteiger partial charge in [-0.2, -0.15) is 0 Å². The summed E-state index contributed by atoms with van der Waals surface area (Å²) in [5, 5.41) is 0. The highest BCUT2D eigenvalue weighted by Crippen LogP contribution is 2.33. The third-order valence-electron chi connectivity index (χ3n) is 5.86. The number of carbonyl (C=O) groups excluding carboxylic acids is 1. The fourth-order valence-corrected chi connectivity index (χ4v) is 4.14. The van der Waals surface area contributed by atoms with Gasteiger partial charge in [0.2, 0.25) is 5.91 Å². The third-order valence-corrected chi connectivity index (χ3v) is 5.86. The average Bonchev–Trinajstić information content (AvgIpc) is 2.58. The van der Waals surface area contributed by atoms with Gasteiger partial charge in [-0.3, -0.25) is 14.7 Å². The van der Waals surface area contributed by atoms with E-state index < -0.39 is 0 Å². The molecule has 1 aliphatic carbocycles. The van der Waals surface area contributed by atoms with E-state index in [2.05, 4.69) is 23.7 Å². The molecule has 1 saturated heterocycles. The van der Waals surface area contributed by atoms with Gasteiger partial charge in [0.1, 0.15) is 0 Å². The molecule has 1 amide bonds. The zero-order chi connectivity index (χ0) is 16.2. The van der Waals surface area contributed by atoms with Gasteiger partial charge >= 0.3 is 0 Å². The molecule has 0 spiro atoms. The van der Waals surface area contributed by atoms with Gasteiger partial charge in [-0.25, -0.2) is 0 Å². The first-order chi connectivity index (χ1) is 11.1. The Morgan fingerprint density at radius 2 is 1.96 bits per heavy atom. The highest BCUT2D eigenvalue weighted by Gasteiger charge is 2.33. The van der Waals surface area contributed by atoms with Crippen LogP contribution in [-0.4, -0.2) is 52.9 Å². The fourth-order valence-electron chi connectivity index (χ4n) is 4.14. The van der Waals surface area contributed by atoms with E-state index in [1.54, 1.807) is 6.20 Å². The smallest absolute Gasteiger partial charge is 0.228 e. The first-order valence-corrected chi connectivity index (χ1v) is 9.07. The summed E-state index contributed by atoms with van der Waals surface area (Å²) in [5.74, 6) is 1.82. The maximum atomic E-state index is 12.4. The first-order valence-electron chi connectivity index (χ1n) is 9.07. The van der Waals surface area contributed by atoms with E-state index in [1.807, 2.05) is 23.1 Å². The van der Waals surface area contributed by atoms with Crippen LogP contribution >= 0.6 is 0 Å². The van der Waals surface area contributed by atoms with Crippen molar-refractivity contribution in [3.05, 3.63) is 30.1 Å². The average molecular weight is 315 g/mol. The molecular formula is C19H29N3O. The van der Waals surface area contributed by atoms with Crippen molar-refractivity contribution in [2.24, 2.45) is 11.8 Å². The van der Waals surface area contributed by atoms with Gasteiger partial charge < -0.3 is 4.90 Å². The lowest BCUT2D eigenvalue weighted by atomic mass is 9.77. The summed E-state index contributed by atoms with van der Waals surface area (Å²) in [6, 6.07) is 6.48. The monoisotopic (exact) mass is 315 g/mol. The van der Waals surface area contributed by atoms with Gasteiger partial charge in [0.05, 0.1) is 6.42 Å². The number of rotatable bonds is 3. The SMILES string of the molecule is CC1CCCC(N2CCN(C(=O)Cc3ccccn3)CC2)C1C. The molecule has 2 aliphatic rings. The van der Waals surface area contributed by atoms with Crippen molar-refractivity contribution in [1.29, 1.82) is 0 Å². The summed E-state index contributed by atoms with van der Waals surface area (Å²) in [7, 11) is 0. The van der Waals surface area contributed by atoms with Gasteiger partial charge in [-0.05, 0) is 30.4 Å². The molecule has 3 unspecified atom stereocenters. The second kappa shape index (κ2) is 7.43. The van der Waals surface area contributed by atoms with Crippen LogP contribution in [0, 0.1) is 11.8 Å². The maximum absolute atomic E-state index is 12.4. The highest BCUT2D eigenvalue weighted by atomic mass is 16.2. The minimum absolute atomic E-state index is 0.216. The number of piperazine rings is 1. The lowest BCUT2D eigenvalue weighted by molar-refractivity contribution is -0.133. The molecular weight excluding hydrogens is 286 g/mol. The Labute approximate surface area is 139 Å². The van der Waals surface area contributed by atoms with Gasteiger partial charge in [0.15, 0.2) is 0 Å². The Kier molecular flexibility index (Phi) is 5.31. The van der Waals surface area contributed by atoms with E-state index >= 15 is 0 Å². The molecule has 0 bridgehead atoms. The zero-order valence-corrected chi connectivity index (χ0v) is 14.4. The molecule has 0 aromatic carbocycles. The van der Waals surface area contributed by atoms with Crippen LogP contribution in [0.3, 0.4) is 0 Å². The fraction of sp³-hybridized carbons (Fsp3) is 0.684. The zero-order valence-electron chi connectivity index (χ0n) is 14.4. The molecule has 3 atom stereocenters. The van der Waals surface area contributed by atoms with Crippen LogP contribution in [0.15, 0.2) is 24.4 Å². The second-order valence-electron chi connectivity index (χ2n) is 7.25. The van der Waals surface area contributed by atoms with E-state index in [4.69, 9.17) is 0 Å². The quantitative estimate of drug-likeness (QED) is 0.860. The number of aromatic nitrogens is 1. The van der Waals surface area contributed by atoms with Crippen molar-refractivity contribution >= 4 is 5.91 Å².